The smallest absolute Gasteiger partial charge is 0.250 e. The van der Waals surface area contributed by atoms with Crippen LogP contribution in [0.15, 0.2) is 69.3 Å². The van der Waals surface area contributed by atoms with Gasteiger partial charge in [0.1, 0.15) is 0 Å². The van der Waals surface area contributed by atoms with Crippen LogP contribution in [0, 0.1) is 0 Å². The number of nitrogens with one attached hydrogen (secondary N) is 1. The topological polar surface area (TPSA) is 72.2 Å². The molecule has 1 aromatic heterocycles. The molecule has 8 heteroatoms. The van der Waals surface area contributed by atoms with E-state index in [0.717, 1.165) is 21.4 Å². The average Bonchev–Trinajstić information content (AvgIpc) is 3.21. The molecule has 0 aliphatic carbocycles. The van der Waals surface area contributed by atoms with Gasteiger partial charge in [0.15, 0.2) is 11.0 Å². The van der Waals surface area contributed by atoms with Crippen LogP contribution in [0.1, 0.15) is 38.8 Å². The highest BCUT2D eigenvalue weighted by Crippen LogP contribution is 2.27. The summed E-state index contributed by atoms with van der Waals surface area (Å²) >= 11 is 4.77. The first kappa shape index (κ1) is 24.9. The zero-order valence-corrected chi connectivity index (χ0v) is 21.7. The van der Waals surface area contributed by atoms with E-state index in [-0.39, 0.29) is 17.1 Å². The second-order valence-electron chi connectivity index (χ2n) is 8.40. The minimum Gasteiger partial charge on any atom is -0.302 e. The summed E-state index contributed by atoms with van der Waals surface area (Å²) in [5.41, 5.74) is 5.96. The van der Waals surface area contributed by atoms with Crippen molar-refractivity contribution in [3.05, 3.63) is 70.2 Å². The first-order chi connectivity index (χ1) is 15.8. The number of carbonyl (C=O) groups excluding carboxylic acids is 1. The van der Waals surface area contributed by atoms with Crippen molar-refractivity contribution in [2.24, 2.45) is 5.10 Å². The van der Waals surface area contributed by atoms with E-state index >= 15 is 0 Å². The standard InChI is InChI=1S/C25H28BrN5OS/c1-5-31-23(19-11-13-20(14-12-19)25(2,3)4)29-30-24(31)33-17-22(32)28-27-16-21(26)15-18-9-7-6-8-10-18/h6-16H,5,17H2,1-4H3,(H,28,32)/b21-15-,27-16-. The molecule has 172 valence electrons. The number of nitrogens with zero attached hydrogens (tertiary/aromatic N) is 4. The number of amides is 1. The maximum absolute atomic E-state index is 12.2. The van der Waals surface area contributed by atoms with E-state index in [0.29, 0.717) is 11.7 Å². The van der Waals surface area contributed by atoms with Crippen LogP contribution in [-0.4, -0.2) is 32.6 Å². The van der Waals surface area contributed by atoms with E-state index in [1.807, 2.05) is 47.9 Å². The molecule has 0 fully saturated rings. The highest BCUT2D eigenvalue weighted by Gasteiger charge is 2.17. The molecular weight excluding hydrogens is 498 g/mol. The molecule has 2 aromatic carbocycles. The molecule has 0 saturated heterocycles. The lowest BCUT2D eigenvalue weighted by molar-refractivity contribution is -0.118. The average molecular weight is 527 g/mol. The fraction of sp³-hybridized carbons (Fsp3) is 0.280. The Labute approximate surface area is 207 Å². The molecule has 33 heavy (non-hydrogen) atoms. The highest BCUT2D eigenvalue weighted by atomic mass is 79.9. The molecule has 3 rings (SSSR count). The van der Waals surface area contributed by atoms with Crippen molar-refractivity contribution < 1.29 is 4.79 Å². The van der Waals surface area contributed by atoms with Gasteiger partial charge in [0, 0.05) is 16.6 Å². The number of thioether (sulfide) groups is 1. The lowest BCUT2D eigenvalue weighted by atomic mass is 9.87. The van der Waals surface area contributed by atoms with Crippen LogP contribution in [0.25, 0.3) is 17.5 Å². The van der Waals surface area contributed by atoms with Gasteiger partial charge in [-0.2, -0.15) is 5.10 Å². The van der Waals surface area contributed by atoms with Crippen LogP contribution < -0.4 is 5.43 Å². The zero-order chi connectivity index (χ0) is 23.8. The van der Waals surface area contributed by atoms with Crippen molar-refractivity contribution in [2.45, 2.75) is 44.8 Å². The summed E-state index contributed by atoms with van der Waals surface area (Å²) in [6.07, 6.45) is 3.48. The number of aromatic nitrogens is 3. The molecule has 1 N–H and O–H groups in total. The third-order valence-electron chi connectivity index (χ3n) is 4.86. The number of rotatable bonds is 8. The van der Waals surface area contributed by atoms with E-state index < -0.39 is 0 Å². The highest BCUT2D eigenvalue weighted by molar-refractivity contribution is 9.12. The molecule has 0 bridgehead atoms. The number of halogens is 1. The fourth-order valence-electron chi connectivity index (χ4n) is 3.09. The van der Waals surface area contributed by atoms with Gasteiger partial charge in [-0.1, -0.05) is 87.1 Å². The second-order valence-corrected chi connectivity index (χ2v) is 10.3. The lowest BCUT2D eigenvalue weighted by Gasteiger charge is -2.19. The van der Waals surface area contributed by atoms with E-state index in [9.17, 15) is 4.79 Å². The van der Waals surface area contributed by atoms with E-state index in [1.54, 1.807) is 6.21 Å². The molecule has 1 heterocycles. The zero-order valence-electron chi connectivity index (χ0n) is 19.2. The molecule has 3 aromatic rings. The number of hydrazone groups is 1. The number of carbonyl (C=O) groups is 1. The normalized spacial score (nSPS) is 12.3. The first-order valence-electron chi connectivity index (χ1n) is 10.7. The predicted octanol–water partition coefficient (Wildman–Crippen LogP) is 5.89. The van der Waals surface area contributed by atoms with Crippen LogP contribution in [0.3, 0.4) is 0 Å². The van der Waals surface area contributed by atoms with E-state index in [4.69, 9.17) is 0 Å². The molecule has 0 aliphatic rings. The van der Waals surface area contributed by atoms with Gasteiger partial charge >= 0.3 is 0 Å². The van der Waals surface area contributed by atoms with E-state index in [2.05, 4.69) is 81.7 Å². The Morgan fingerprint density at radius 3 is 2.45 bits per heavy atom. The summed E-state index contributed by atoms with van der Waals surface area (Å²) < 4.78 is 2.78. The Bertz CT molecular complexity index is 1130. The summed E-state index contributed by atoms with van der Waals surface area (Å²) in [7, 11) is 0. The molecule has 6 nitrogen and oxygen atoms in total. The number of benzene rings is 2. The van der Waals surface area contributed by atoms with Gasteiger partial charge in [-0.15, -0.1) is 10.2 Å². The van der Waals surface area contributed by atoms with Crippen LogP contribution in [0.5, 0.6) is 0 Å². The molecule has 0 atom stereocenters. The van der Waals surface area contributed by atoms with Gasteiger partial charge in [0.2, 0.25) is 0 Å². The quantitative estimate of drug-likeness (QED) is 0.226. The molecular formula is C25H28BrN5OS. The van der Waals surface area contributed by atoms with Gasteiger partial charge in [-0.3, -0.25) is 4.79 Å². The number of allylic oxidation sites excluding steroid dienone is 1. The van der Waals surface area contributed by atoms with Crippen molar-refractivity contribution in [1.29, 1.82) is 0 Å². The minimum absolute atomic E-state index is 0.0980. The van der Waals surface area contributed by atoms with Gasteiger partial charge in [-0.25, -0.2) is 5.43 Å². The molecule has 0 saturated carbocycles. The van der Waals surface area contributed by atoms with Crippen LogP contribution >= 0.6 is 27.7 Å². The lowest BCUT2D eigenvalue weighted by Crippen LogP contribution is -2.19. The summed E-state index contributed by atoms with van der Waals surface area (Å²) in [5.74, 6) is 0.783. The fourth-order valence-corrected chi connectivity index (χ4v) is 4.25. The molecule has 1 amide bonds. The van der Waals surface area contributed by atoms with Gasteiger partial charge < -0.3 is 4.57 Å². The Morgan fingerprint density at radius 1 is 1.12 bits per heavy atom. The Hall–Kier alpha value is -2.71. The molecule has 0 spiro atoms. The Balaban J connectivity index is 1.58. The van der Waals surface area contributed by atoms with Crippen molar-refractivity contribution >= 4 is 45.9 Å². The number of hydrogen-bond acceptors (Lipinski definition) is 5. The molecule has 0 radical (unpaired) electrons. The summed E-state index contributed by atoms with van der Waals surface area (Å²) in [5, 5.41) is 13.4. The Morgan fingerprint density at radius 2 is 1.82 bits per heavy atom. The second kappa shape index (κ2) is 11.4. The monoisotopic (exact) mass is 525 g/mol. The van der Waals surface area contributed by atoms with Crippen LogP contribution in [0.2, 0.25) is 0 Å². The van der Waals surface area contributed by atoms with Crippen molar-refractivity contribution in [1.82, 2.24) is 20.2 Å². The van der Waals surface area contributed by atoms with Gasteiger partial charge in [0.05, 0.1) is 12.0 Å². The summed E-state index contributed by atoms with van der Waals surface area (Å²) in [6, 6.07) is 18.3. The van der Waals surface area contributed by atoms with Gasteiger partial charge in [-0.05, 0) is 45.5 Å². The SMILES string of the molecule is CCn1c(SCC(=O)N/N=C\C(Br)=C\c2ccccc2)nnc1-c1ccc(C(C)(C)C)cc1. The van der Waals surface area contributed by atoms with Gasteiger partial charge in [0.25, 0.3) is 5.91 Å². The summed E-state index contributed by atoms with van der Waals surface area (Å²) in [4.78, 5) is 12.2. The Kier molecular flexibility index (Phi) is 8.63. The predicted molar refractivity (Wildman–Crippen MR) is 141 cm³/mol. The minimum atomic E-state index is -0.210. The third kappa shape index (κ3) is 7.14. The maximum atomic E-state index is 12.2. The summed E-state index contributed by atoms with van der Waals surface area (Å²) in [6.45, 7) is 9.33. The third-order valence-corrected chi connectivity index (χ3v) is 6.26. The number of hydrogen-bond donors (Lipinski definition) is 1. The molecule has 0 unspecified atom stereocenters. The largest absolute Gasteiger partial charge is 0.302 e. The van der Waals surface area contributed by atoms with E-state index in [1.165, 1.54) is 17.3 Å². The van der Waals surface area contributed by atoms with Crippen LogP contribution in [0.4, 0.5) is 0 Å². The maximum Gasteiger partial charge on any atom is 0.250 e. The van der Waals surface area contributed by atoms with Crippen molar-refractivity contribution in [3.63, 3.8) is 0 Å². The first-order valence-corrected chi connectivity index (χ1v) is 12.5. The van der Waals surface area contributed by atoms with Crippen molar-refractivity contribution in [3.8, 4) is 11.4 Å². The molecule has 0 aliphatic heterocycles. The van der Waals surface area contributed by atoms with Crippen LogP contribution in [-0.2, 0) is 16.8 Å². The van der Waals surface area contributed by atoms with Crippen molar-refractivity contribution in [2.75, 3.05) is 5.75 Å².